The van der Waals surface area contributed by atoms with Crippen molar-refractivity contribution in [2.24, 2.45) is 23.7 Å². The maximum atomic E-state index is 12.8. The zero-order valence-electron chi connectivity index (χ0n) is 13.4. The number of fused-ring (bicyclic) bond motifs is 4. The molecular weight excluding hydrogens is 390 g/mol. The summed E-state index contributed by atoms with van der Waals surface area (Å²) < 4.78 is 41.2. The molecule has 0 aromatic rings. The quantitative estimate of drug-likeness (QED) is 0.337. The molecule has 4 aliphatic carbocycles. The van der Waals surface area contributed by atoms with Crippen molar-refractivity contribution in [2.75, 3.05) is 0 Å². The summed E-state index contributed by atoms with van der Waals surface area (Å²) >= 11 is 3.96. The Morgan fingerprint density at radius 1 is 0.875 bits per heavy atom. The van der Waals surface area contributed by atoms with E-state index in [1.54, 1.807) is 0 Å². The number of hydrogen-bond acceptors (Lipinski definition) is 7. The van der Waals surface area contributed by atoms with Gasteiger partial charge in [-0.1, -0.05) is 11.7 Å². The summed E-state index contributed by atoms with van der Waals surface area (Å²) in [5, 5.41) is 0. The predicted molar refractivity (Wildman–Crippen MR) is 95.7 cm³/mol. The highest BCUT2D eigenvalue weighted by atomic mass is 33.3. The van der Waals surface area contributed by atoms with Gasteiger partial charge < -0.3 is 4.89 Å². The Kier molecular flexibility index (Phi) is 5.25. The summed E-state index contributed by atoms with van der Waals surface area (Å²) in [5.74, 6) is 1.88. The number of thiol groups is 1. The van der Waals surface area contributed by atoms with Gasteiger partial charge in [0.2, 0.25) is 0 Å². The average Bonchev–Trinajstić information content (AvgIpc) is 3.26. The summed E-state index contributed by atoms with van der Waals surface area (Å²) in [6.45, 7) is -3.83. The fourth-order valence-corrected chi connectivity index (χ4v) is 10.5. The molecule has 8 atom stereocenters. The van der Waals surface area contributed by atoms with Gasteiger partial charge in [-0.3, -0.25) is 9.05 Å². The first-order chi connectivity index (χ1) is 11.4. The van der Waals surface area contributed by atoms with Crippen LogP contribution in [0, 0.1) is 23.7 Å². The van der Waals surface area contributed by atoms with Crippen LogP contribution in [-0.2, 0) is 22.5 Å². The molecule has 0 saturated heterocycles. The molecular formula is C14H24O6P2S2. The van der Waals surface area contributed by atoms with Crippen LogP contribution in [0.5, 0.6) is 0 Å². The second-order valence-corrected chi connectivity index (χ2v) is 14.1. The SMILES string of the molecule is O=P(O)(OC1CC2CCC1C2)OP(=O)(OC1CC2CCC1C2)SS. The number of hydrogen-bond donors (Lipinski definition) is 2. The standard InChI is InChI=1S/C14H24O6P2S2/c15-21(16,18-13-7-9-1-3-11(13)5-9)20-22(17,24-23)19-14-8-10-2-4-12(14)6-10/h9-14,23H,1-8H2,(H,15,16). The number of rotatable bonds is 7. The maximum absolute atomic E-state index is 12.8. The summed E-state index contributed by atoms with van der Waals surface area (Å²) in [6.07, 6.45) is 7.75. The van der Waals surface area contributed by atoms with Crippen molar-refractivity contribution >= 4 is 36.7 Å². The molecule has 8 unspecified atom stereocenters. The minimum atomic E-state index is -4.44. The van der Waals surface area contributed by atoms with Crippen molar-refractivity contribution < 1.29 is 27.4 Å². The van der Waals surface area contributed by atoms with Crippen LogP contribution in [0.2, 0.25) is 0 Å². The van der Waals surface area contributed by atoms with E-state index in [2.05, 4.69) is 11.7 Å². The molecule has 24 heavy (non-hydrogen) atoms. The van der Waals surface area contributed by atoms with Gasteiger partial charge in [0.25, 0.3) is 0 Å². The molecule has 4 fully saturated rings. The summed E-state index contributed by atoms with van der Waals surface area (Å²) in [6, 6.07) is 0. The molecule has 4 bridgehead atoms. The molecule has 0 radical (unpaired) electrons. The van der Waals surface area contributed by atoms with Crippen LogP contribution in [0.4, 0.5) is 0 Å². The molecule has 0 aliphatic heterocycles. The lowest BCUT2D eigenvalue weighted by Crippen LogP contribution is -2.20. The monoisotopic (exact) mass is 414 g/mol. The van der Waals surface area contributed by atoms with Crippen LogP contribution in [0.25, 0.3) is 0 Å². The van der Waals surface area contributed by atoms with Crippen molar-refractivity contribution in [3.05, 3.63) is 0 Å². The summed E-state index contributed by atoms with van der Waals surface area (Å²) in [5.41, 5.74) is 0. The molecule has 1 N–H and O–H groups in total. The summed E-state index contributed by atoms with van der Waals surface area (Å²) in [7, 11) is -3.86. The van der Waals surface area contributed by atoms with E-state index in [0.29, 0.717) is 34.1 Å². The highest BCUT2D eigenvalue weighted by molar-refractivity contribution is 8.93. The molecule has 138 valence electrons. The van der Waals surface area contributed by atoms with E-state index in [-0.39, 0.29) is 12.2 Å². The van der Waals surface area contributed by atoms with Gasteiger partial charge in [0.1, 0.15) is 0 Å². The largest absolute Gasteiger partial charge is 0.480 e. The first-order valence-corrected chi connectivity index (χ1v) is 14.2. The Balaban J connectivity index is 1.37. The predicted octanol–water partition coefficient (Wildman–Crippen LogP) is 5.20. The van der Waals surface area contributed by atoms with Gasteiger partial charge in [-0.15, -0.1) is 0 Å². The Morgan fingerprint density at radius 3 is 1.83 bits per heavy atom. The van der Waals surface area contributed by atoms with Gasteiger partial charge in [0.15, 0.2) is 0 Å². The van der Waals surface area contributed by atoms with Crippen LogP contribution >= 0.6 is 36.7 Å². The number of phosphoric ester groups is 1. The molecule has 0 spiro atoms. The van der Waals surface area contributed by atoms with Gasteiger partial charge in [0, 0.05) is 10.4 Å². The summed E-state index contributed by atoms with van der Waals surface area (Å²) in [4.78, 5) is 10.1. The topological polar surface area (TPSA) is 82.1 Å². The average molecular weight is 414 g/mol. The van der Waals surface area contributed by atoms with Gasteiger partial charge in [0.05, 0.1) is 12.2 Å². The third-order valence-electron chi connectivity index (χ3n) is 6.18. The Morgan fingerprint density at radius 2 is 1.42 bits per heavy atom. The van der Waals surface area contributed by atoms with Crippen molar-refractivity contribution in [1.29, 1.82) is 0 Å². The fraction of sp³-hybridized carbons (Fsp3) is 1.00. The highest BCUT2D eigenvalue weighted by Crippen LogP contribution is 2.73. The van der Waals surface area contributed by atoms with Crippen molar-refractivity contribution in [3.63, 3.8) is 0 Å². The molecule has 4 rings (SSSR count). The van der Waals surface area contributed by atoms with Gasteiger partial charge in [-0.05, 0) is 75.0 Å². The van der Waals surface area contributed by atoms with E-state index < -0.39 is 14.6 Å². The molecule has 6 nitrogen and oxygen atoms in total. The molecule has 0 heterocycles. The maximum Gasteiger partial charge on any atom is 0.480 e. The second kappa shape index (κ2) is 6.87. The molecule has 4 aliphatic rings. The molecule has 10 heteroatoms. The molecule has 0 aromatic carbocycles. The Labute approximate surface area is 151 Å². The lowest BCUT2D eigenvalue weighted by atomic mass is 9.98. The smallest absolute Gasteiger partial charge is 0.302 e. The van der Waals surface area contributed by atoms with Crippen molar-refractivity contribution in [3.8, 4) is 0 Å². The third-order valence-corrected chi connectivity index (χ3v) is 12.3. The van der Waals surface area contributed by atoms with E-state index in [9.17, 15) is 14.0 Å². The van der Waals surface area contributed by atoms with E-state index in [0.717, 1.165) is 38.5 Å². The lowest BCUT2D eigenvalue weighted by Gasteiger charge is -2.28. The first kappa shape index (κ1) is 18.4. The minimum absolute atomic E-state index is 0.170. The Hall–Kier alpha value is 1.000. The highest BCUT2D eigenvalue weighted by Gasteiger charge is 2.49. The zero-order valence-corrected chi connectivity index (χ0v) is 16.9. The van der Waals surface area contributed by atoms with E-state index >= 15 is 0 Å². The van der Waals surface area contributed by atoms with E-state index in [1.165, 1.54) is 12.8 Å². The van der Waals surface area contributed by atoms with Crippen LogP contribution < -0.4 is 0 Å². The third kappa shape index (κ3) is 3.82. The Bertz CT molecular complexity index is 590. The normalized spacial score (nSPS) is 45.4. The zero-order chi connectivity index (χ0) is 16.9. The molecule has 0 aromatic heterocycles. The van der Waals surface area contributed by atoms with Crippen LogP contribution in [0.3, 0.4) is 0 Å². The minimum Gasteiger partial charge on any atom is -0.302 e. The fourth-order valence-electron chi connectivity index (χ4n) is 5.17. The van der Waals surface area contributed by atoms with Crippen LogP contribution in [0.15, 0.2) is 0 Å². The lowest BCUT2D eigenvalue weighted by molar-refractivity contribution is 0.0843. The van der Waals surface area contributed by atoms with Crippen LogP contribution in [0.1, 0.15) is 51.4 Å². The van der Waals surface area contributed by atoms with E-state index in [4.69, 9.17) is 13.4 Å². The van der Waals surface area contributed by atoms with Crippen LogP contribution in [-0.4, -0.2) is 17.1 Å². The molecule has 0 amide bonds. The van der Waals surface area contributed by atoms with E-state index in [1.807, 2.05) is 0 Å². The first-order valence-electron chi connectivity index (χ1n) is 8.70. The van der Waals surface area contributed by atoms with Gasteiger partial charge >= 0.3 is 14.6 Å². The number of phosphoric acid groups is 1. The van der Waals surface area contributed by atoms with Gasteiger partial charge in [-0.25, -0.2) is 9.13 Å². The van der Waals surface area contributed by atoms with Crippen molar-refractivity contribution in [2.45, 2.75) is 63.6 Å². The van der Waals surface area contributed by atoms with Crippen molar-refractivity contribution in [1.82, 2.24) is 0 Å². The van der Waals surface area contributed by atoms with Gasteiger partial charge in [-0.2, -0.15) is 4.31 Å². The second-order valence-electron chi connectivity index (χ2n) is 7.72. The molecule has 4 saturated carbocycles.